The van der Waals surface area contributed by atoms with Crippen molar-refractivity contribution in [1.29, 1.82) is 0 Å². The van der Waals surface area contributed by atoms with E-state index in [9.17, 15) is 0 Å². The second-order valence-corrected chi connectivity index (χ2v) is 14.0. The third-order valence-electron chi connectivity index (χ3n) is 11.0. The van der Waals surface area contributed by atoms with Gasteiger partial charge >= 0.3 is 0 Å². The molecule has 0 spiro atoms. The first-order chi connectivity index (χ1) is 26.3. The summed E-state index contributed by atoms with van der Waals surface area (Å²) in [5, 5.41) is 12.1. The summed E-state index contributed by atoms with van der Waals surface area (Å²) in [6, 6.07) is 70.5. The predicted octanol–water partition coefficient (Wildman–Crippen LogP) is 14.9. The van der Waals surface area contributed by atoms with E-state index >= 15 is 0 Å². The highest BCUT2D eigenvalue weighted by atomic mass is 16.3. The zero-order valence-electron chi connectivity index (χ0n) is 28.9. The molecular formula is C52H32O. The van der Waals surface area contributed by atoms with E-state index in [2.05, 4.69) is 194 Å². The summed E-state index contributed by atoms with van der Waals surface area (Å²) in [6.45, 7) is 0. The van der Waals surface area contributed by atoms with Crippen LogP contribution in [0.5, 0.6) is 0 Å². The van der Waals surface area contributed by atoms with Crippen molar-refractivity contribution in [3.05, 3.63) is 194 Å². The molecule has 0 bridgehead atoms. The molecule has 1 heteroatoms. The molecule has 53 heavy (non-hydrogen) atoms. The third kappa shape index (κ3) is 4.71. The van der Waals surface area contributed by atoms with Crippen LogP contribution in [-0.4, -0.2) is 0 Å². The Morgan fingerprint density at radius 2 is 0.792 bits per heavy atom. The van der Waals surface area contributed by atoms with Crippen molar-refractivity contribution in [1.82, 2.24) is 0 Å². The maximum absolute atomic E-state index is 6.69. The van der Waals surface area contributed by atoms with Gasteiger partial charge in [0, 0.05) is 10.8 Å². The summed E-state index contributed by atoms with van der Waals surface area (Å²) >= 11 is 0. The first-order valence-corrected chi connectivity index (χ1v) is 18.3. The van der Waals surface area contributed by atoms with Crippen molar-refractivity contribution in [2.24, 2.45) is 0 Å². The highest BCUT2D eigenvalue weighted by Gasteiger charge is 2.22. The van der Waals surface area contributed by atoms with Gasteiger partial charge in [-0.25, -0.2) is 0 Å². The number of benzene rings is 10. The van der Waals surface area contributed by atoms with Gasteiger partial charge in [-0.2, -0.15) is 0 Å². The summed E-state index contributed by atoms with van der Waals surface area (Å²) in [5.74, 6) is 0. The lowest BCUT2D eigenvalue weighted by atomic mass is 9.83. The molecule has 11 aromatic rings. The van der Waals surface area contributed by atoms with Crippen LogP contribution in [-0.2, 0) is 0 Å². The Morgan fingerprint density at radius 1 is 0.264 bits per heavy atom. The van der Waals surface area contributed by atoms with Crippen molar-refractivity contribution in [3.63, 3.8) is 0 Å². The highest BCUT2D eigenvalue weighted by Crippen LogP contribution is 2.49. The normalized spacial score (nSPS) is 11.8. The Bertz CT molecular complexity index is 3160. The molecule has 11 rings (SSSR count). The summed E-state index contributed by atoms with van der Waals surface area (Å²) in [7, 11) is 0. The minimum atomic E-state index is 0.893. The molecule has 1 heterocycles. The zero-order valence-corrected chi connectivity index (χ0v) is 28.9. The van der Waals surface area contributed by atoms with E-state index in [1.807, 2.05) is 0 Å². The fraction of sp³-hybridized carbons (Fsp3) is 0. The number of para-hydroxylation sites is 1. The molecule has 1 nitrogen and oxygen atoms in total. The molecule has 246 valence electrons. The Hall–Kier alpha value is -6.96. The first kappa shape index (κ1) is 29.7. The van der Waals surface area contributed by atoms with E-state index in [1.165, 1.54) is 76.5 Å². The molecule has 10 aromatic carbocycles. The van der Waals surface area contributed by atoms with Crippen LogP contribution < -0.4 is 0 Å². The Morgan fingerprint density at radius 3 is 1.47 bits per heavy atom. The maximum Gasteiger partial charge on any atom is 0.136 e. The van der Waals surface area contributed by atoms with Crippen LogP contribution >= 0.6 is 0 Å². The quantitative estimate of drug-likeness (QED) is 0.170. The smallest absolute Gasteiger partial charge is 0.136 e. The molecule has 0 atom stereocenters. The van der Waals surface area contributed by atoms with Crippen molar-refractivity contribution in [2.45, 2.75) is 0 Å². The molecule has 0 saturated carbocycles. The van der Waals surface area contributed by atoms with Crippen molar-refractivity contribution >= 4 is 65.0 Å². The number of hydrogen-bond donors (Lipinski definition) is 0. The Labute approximate surface area is 307 Å². The van der Waals surface area contributed by atoms with Gasteiger partial charge in [0.2, 0.25) is 0 Å². The molecule has 0 aliphatic carbocycles. The monoisotopic (exact) mass is 672 g/mol. The molecule has 0 aliphatic rings. The van der Waals surface area contributed by atoms with Gasteiger partial charge in [0.15, 0.2) is 0 Å². The highest BCUT2D eigenvalue weighted by molar-refractivity contribution is 6.27. The van der Waals surface area contributed by atoms with Crippen LogP contribution in [0.4, 0.5) is 0 Å². The largest absolute Gasteiger partial charge is 0.456 e. The van der Waals surface area contributed by atoms with Crippen molar-refractivity contribution in [2.75, 3.05) is 0 Å². The van der Waals surface area contributed by atoms with Crippen LogP contribution in [0.25, 0.3) is 110 Å². The van der Waals surface area contributed by atoms with E-state index in [4.69, 9.17) is 4.42 Å². The molecule has 0 fully saturated rings. The minimum absolute atomic E-state index is 0.893. The van der Waals surface area contributed by atoms with Crippen LogP contribution in [0, 0.1) is 0 Å². The van der Waals surface area contributed by atoms with Gasteiger partial charge in [-0.15, -0.1) is 0 Å². The number of rotatable bonds is 4. The molecule has 0 unspecified atom stereocenters. The van der Waals surface area contributed by atoms with Gasteiger partial charge in [-0.3, -0.25) is 0 Å². The fourth-order valence-corrected chi connectivity index (χ4v) is 8.61. The van der Waals surface area contributed by atoms with Gasteiger partial charge in [0.1, 0.15) is 11.2 Å². The van der Waals surface area contributed by atoms with Crippen LogP contribution in [0.3, 0.4) is 0 Å². The van der Waals surface area contributed by atoms with Crippen molar-refractivity contribution in [3.8, 4) is 44.5 Å². The van der Waals surface area contributed by atoms with Crippen LogP contribution in [0.1, 0.15) is 0 Å². The average molecular weight is 673 g/mol. The van der Waals surface area contributed by atoms with Crippen LogP contribution in [0.2, 0.25) is 0 Å². The van der Waals surface area contributed by atoms with E-state index in [1.54, 1.807) is 0 Å². The SMILES string of the molecule is c1ccc(-c2ccc3cc(-c4cc(-c5c6ccccc6c(-c6cccc7ccccc67)c6ccccc56)c5c(c4)oc4ccccc45)ccc3c2)cc1. The molecular weight excluding hydrogens is 641 g/mol. The van der Waals surface area contributed by atoms with Gasteiger partial charge < -0.3 is 4.42 Å². The lowest BCUT2D eigenvalue weighted by Gasteiger charge is -2.20. The standard InChI is InChI=1S/C52H32O/c1-2-13-33(14-3-1)35-25-26-37-30-38(28-27-36(37)29-35)39-31-47(52-46-22-10-11-24-48(46)53-49(52)32-39)51-44-20-8-6-18-42(44)50(43-19-7-9-21-45(43)51)41-23-12-16-34-15-4-5-17-40(34)41/h1-32H. The average Bonchev–Trinajstić information content (AvgIpc) is 3.61. The minimum Gasteiger partial charge on any atom is -0.456 e. The topological polar surface area (TPSA) is 13.1 Å². The second kappa shape index (κ2) is 11.8. The summed E-state index contributed by atoms with van der Waals surface area (Å²) in [5.41, 5.74) is 11.5. The second-order valence-electron chi connectivity index (χ2n) is 14.0. The first-order valence-electron chi connectivity index (χ1n) is 18.3. The third-order valence-corrected chi connectivity index (χ3v) is 11.0. The summed E-state index contributed by atoms with van der Waals surface area (Å²) in [6.07, 6.45) is 0. The summed E-state index contributed by atoms with van der Waals surface area (Å²) in [4.78, 5) is 0. The van der Waals surface area contributed by atoms with Gasteiger partial charge in [0.05, 0.1) is 0 Å². The number of fused-ring (bicyclic) bond motifs is 7. The lowest BCUT2D eigenvalue weighted by molar-refractivity contribution is 0.669. The Kier molecular flexibility index (Phi) is 6.62. The Balaban J connectivity index is 1.21. The predicted molar refractivity (Wildman–Crippen MR) is 225 cm³/mol. The van der Waals surface area contributed by atoms with Crippen molar-refractivity contribution < 1.29 is 4.42 Å². The van der Waals surface area contributed by atoms with Gasteiger partial charge in [-0.1, -0.05) is 164 Å². The molecule has 1 aromatic heterocycles. The summed E-state index contributed by atoms with van der Waals surface area (Å²) < 4.78 is 6.69. The fourth-order valence-electron chi connectivity index (χ4n) is 8.61. The van der Waals surface area contributed by atoms with Crippen LogP contribution in [0.15, 0.2) is 199 Å². The van der Waals surface area contributed by atoms with E-state index in [0.29, 0.717) is 0 Å². The van der Waals surface area contributed by atoms with Gasteiger partial charge in [0.25, 0.3) is 0 Å². The van der Waals surface area contributed by atoms with E-state index < -0.39 is 0 Å². The van der Waals surface area contributed by atoms with E-state index in [-0.39, 0.29) is 0 Å². The zero-order chi connectivity index (χ0) is 34.9. The number of hydrogen-bond acceptors (Lipinski definition) is 1. The molecule has 0 amide bonds. The lowest BCUT2D eigenvalue weighted by Crippen LogP contribution is -1.92. The molecule has 0 aliphatic heterocycles. The molecule has 0 saturated heterocycles. The molecule has 0 radical (unpaired) electrons. The number of furan rings is 1. The molecule has 0 N–H and O–H groups in total. The van der Waals surface area contributed by atoms with E-state index in [0.717, 1.165) is 33.1 Å². The maximum atomic E-state index is 6.69. The van der Waals surface area contributed by atoms with Gasteiger partial charge in [-0.05, 0) is 118 Å².